The number of nitrogens with zero attached hydrogens (tertiary/aromatic N) is 2. The molecule has 0 saturated heterocycles. The van der Waals surface area contributed by atoms with Crippen LogP contribution in [-0.4, -0.2) is 27.0 Å². The van der Waals surface area contributed by atoms with Gasteiger partial charge in [0.05, 0.1) is 5.69 Å². The Hall–Kier alpha value is -2.08. The summed E-state index contributed by atoms with van der Waals surface area (Å²) in [5, 5.41) is 2.87. The minimum absolute atomic E-state index is 0.216. The van der Waals surface area contributed by atoms with E-state index in [1.807, 2.05) is 24.3 Å². The SMILES string of the molecule is CNc1ccc(S(=O)(=O)N2CCc3ccccc32)cn1. The molecule has 1 aliphatic rings. The molecule has 0 atom stereocenters. The number of fused-ring (bicyclic) bond motifs is 1. The molecule has 1 aromatic heterocycles. The van der Waals surface area contributed by atoms with Crippen LogP contribution in [0.25, 0.3) is 0 Å². The van der Waals surface area contributed by atoms with Crippen LogP contribution in [0.2, 0.25) is 0 Å². The lowest BCUT2D eigenvalue weighted by Gasteiger charge is -2.19. The normalized spacial score (nSPS) is 14.2. The van der Waals surface area contributed by atoms with Crippen LogP contribution in [0.5, 0.6) is 0 Å². The molecule has 0 spiro atoms. The van der Waals surface area contributed by atoms with E-state index in [0.717, 1.165) is 17.7 Å². The Bertz CT molecular complexity index is 726. The molecule has 1 aliphatic heterocycles. The molecule has 0 bridgehead atoms. The summed E-state index contributed by atoms with van der Waals surface area (Å²) < 4.78 is 26.8. The topological polar surface area (TPSA) is 62.3 Å². The minimum atomic E-state index is -3.53. The number of nitrogens with one attached hydrogen (secondary N) is 1. The Balaban J connectivity index is 2.00. The highest BCUT2D eigenvalue weighted by molar-refractivity contribution is 7.92. The number of benzene rings is 1. The molecule has 2 aromatic rings. The molecule has 0 unspecified atom stereocenters. The number of pyridine rings is 1. The molecule has 104 valence electrons. The lowest BCUT2D eigenvalue weighted by Crippen LogP contribution is -2.29. The zero-order valence-corrected chi connectivity index (χ0v) is 11.9. The highest BCUT2D eigenvalue weighted by Gasteiger charge is 2.30. The zero-order chi connectivity index (χ0) is 14.2. The van der Waals surface area contributed by atoms with Crippen LogP contribution in [0, 0.1) is 0 Å². The first-order valence-electron chi connectivity index (χ1n) is 6.37. The summed E-state index contributed by atoms with van der Waals surface area (Å²) >= 11 is 0. The van der Waals surface area contributed by atoms with Gasteiger partial charge in [-0.2, -0.15) is 0 Å². The number of para-hydroxylation sites is 1. The van der Waals surface area contributed by atoms with Gasteiger partial charge >= 0.3 is 0 Å². The van der Waals surface area contributed by atoms with E-state index in [1.165, 1.54) is 10.5 Å². The Kier molecular flexibility index (Phi) is 3.10. The lowest BCUT2D eigenvalue weighted by atomic mass is 10.2. The summed E-state index contributed by atoms with van der Waals surface area (Å²) in [4.78, 5) is 4.29. The van der Waals surface area contributed by atoms with E-state index in [1.54, 1.807) is 19.2 Å². The quantitative estimate of drug-likeness (QED) is 0.937. The first-order valence-corrected chi connectivity index (χ1v) is 7.81. The molecule has 0 aliphatic carbocycles. The Morgan fingerprint density at radius 3 is 2.70 bits per heavy atom. The molecule has 0 radical (unpaired) electrons. The summed E-state index contributed by atoms with van der Waals surface area (Å²) in [7, 11) is -1.79. The number of hydrogen-bond acceptors (Lipinski definition) is 4. The average Bonchev–Trinajstić information content (AvgIpc) is 2.92. The van der Waals surface area contributed by atoms with Gasteiger partial charge in [0.2, 0.25) is 0 Å². The fourth-order valence-electron chi connectivity index (χ4n) is 2.37. The molecule has 0 fully saturated rings. The van der Waals surface area contributed by atoms with Gasteiger partial charge in [-0.1, -0.05) is 18.2 Å². The Labute approximate surface area is 118 Å². The molecule has 1 aromatic carbocycles. The molecule has 0 amide bonds. The number of sulfonamides is 1. The standard InChI is InChI=1S/C14H15N3O2S/c1-15-14-7-6-12(10-16-14)20(18,19)17-9-8-11-4-2-3-5-13(11)17/h2-7,10H,8-9H2,1H3,(H,15,16). The molecular formula is C14H15N3O2S. The fourth-order valence-corrected chi connectivity index (χ4v) is 3.81. The van der Waals surface area contributed by atoms with Crippen LogP contribution in [0.15, 0.2) is 47.5 Å². The van der Waals surface area contributed by atoms with Crippen LogP contribution in [0.3, 0.4) is 0 Å². The molecule has 1 N–H and O–H groups in total. The van der Waals surface area contributed by atoms with Gasteiger partial charge in [-0.15, -0.1) is 0 Å². The first kappa shape index (κ1) is 12.9. The highest BCUT2D eigenvalue weighted by Crippen LogP contribution is 2.32. The number of hydrogen-bond donors (Lipinski definition) is 1. The molecule has 3 rings (SSSR count). The Morgan fingerprint density at radius 1 is 1.20 bits per heavy atom. The van der Waals surface area contributed by atoms with E-state index in [-0.39, 0.29) is 4.90 Å². The number of rotatable bonds is 3. The monoisotopic (exact) mass is 289 g/mol. The average molecular weight is 289 g/mol. The second-order valence-electron chi connectivity index (χ2n) is 4.59. The van der Waals surface area contributed by atoms with Crippen LogP contribution in [0.1, 0.15) is 5.56 Å². The van der Waals surface area contributed by atoms with Crippen molar-refractivity contribution in [2.45, 2.75) is 11.3 Å². The summed E-state index contributed by atoms with van der Waals surface area (Å²) in [6, 6.07) is 10.8. The third-order valence-corrected chi connectivity index (χ3v) is 5.22. The van der Waals surface area contributed by atoms with E-state index >= 15 is 0 Å². The third kappa shape index (κ3) is 2.02. The summed E-state index contributed by atoms with van der Waals surface area (Å²) in [5.41, 5.74) is 1.83. The van der Waals surface area contributed by atoms with Gasteiger partial charge in [0, 0.05) is 19.8 Å². The largest absolute Gasteiger partial charge is 0.373 e. The van der Waals surface area contributed by atoms with Crippen molar-refractivity contribution in [1.29, 1.82) is 0 Å². The summed E-state index contributed by atoms with van der Waals surface area (Å²) in [6.45, 7) is 0.482. The van der Waals surface area contributed by atoms with Crippen molar-refractivity contribution in [3.05, 3.63) is 48.2 Å². The molecule has 0 saturated carbocycles. The second-order valence-corrected chi connectivity index (χ2v) is 6.45. The van der Waals surface area contributed by atoms with Gasteiger partial charge in [0.1, 0.15) is 10.7 Å². The van der Waals surface area contributed by atoms with Crippen molar-refractivity contribution in [2.75, 3.05) is 23.2 Å². The van der Waals surface area contributed by atoms with Gasteiger partial charge in [0.25, 0.3) is 10.0 Å². The molecular weight excluding hydrogens is 274 g/mol. The Morgan fingerprint density at radius 2 is 2.00 bits per heavy atom. The third-order valence-electron chi connectivity index (χ3n) is 3.43. The van der Waals surface area contributed by atoms with Crippen LogP contribution in [-0.2, 0) is 16.4 Å². The summed E-state index contributed by atoms with van der Waals surface area (Å²) in [5.74, 6) is 0.644. The van der Waals surface area contributed by atoms with Gasteiger partial charge in [-0.25, -0.2) is 13.4 Å². The predicted octanol–water partition coefficient (Wildman–Crippen LogP) is 1.87. The van der Waals surface area contributed by atoms with Gasteiger partial charge in [-0.05, 0) is 30.2 Å². The first-order chi connectivity index (χ1) is 9.63. The van der Waals surface area contributed by atoms with Crippen molar-refractivity contribution < 1.29 is 8.42 Å². The van der Waals surface area contributed by atoms with E-state index in [9.17, 15) is 8.42 Å². The van der Waals surface area contributed by atoms with Gasteiger partial charge in [-0.3, -0.25) is 4.31 Å². The fraction of sp³-hybridized carbons (Fsp3) is 0.214. The van der Waals surface area contributed by atoms with Crippen molar-refractivity contribution in [3.63, 3.8) is 0 Å². The zero-order valence-electron chi connectivity index (χ0n) is 11.1. The maximum atomic E-state index is 12.7. The smallest absolute Gasteiger partial charge is 0.265 e. The molecule has 5 nitrogen and oxygen atoms in total. The highest BCUT2D eigenvalue weighted by atomic mass is 32.2. The lowest BCUT2D eigenvalue weighted by molar-refractivity contribution is 0.592. The van der Waals surface area contributed by atoms with Crippen LogP contribution < -0.4 is 9.62 Å². The van der Waals surface area contributed by atoms with E-state index in [0.29, 0.717) is 12.4 Å². The maximum Gasteiger partial charge on any atom is 0.265 e. The predicted molar refractivity (Wildman–Crippen MR) is 78.5 cm³/mol. The van der Waals surface area contributed by atoms with Crippen molar-refractivity contribution in [3.8, 4) is 0 Å². The van der Waals surface area contributed by atoms with Crippen molar-refractivity contribution >= 4 is 21.5 Å². The van der Waals surface area contributed by atoms with E-state index in [4.69, 9.17) is 0 Å². The number of anilines is 2. The summed E-state index contributed by atoms with van der Waals surface area (Å²) in [6.07, 6.45) is 2.14. The van der Waals surface area contributed by atoms with Crippen molar-refractivity contribution in [2.24, 2.45) is 0 Å². The van der Waals surface area contributed by atoms with Gasteiger partial charge in [0.15, 0.2) is 0 Å². The van der Waals surface area contributed by atoms with E-state index in [2.05, 4.69) is 10.3 Å². The minimum Gasteiger partial charge on any atom is -0.373 e. The maximum absolute atomic E-state index is 12.7. The second kappa shape index (κ2) is 4.79. The van der Waals surface area contributed by atoms with Crippen LogP contribution in [0.4, 0.5) is 11.5 Å². The van der Waals surface area contributed by atoms with Gasteiger partial charge < -0.3 is 5.32 Å². The van der Waals surface area contributed by atoms with Crippen molar-refractivity contribution in [1.82, 2.24) is 4.98 Å². The van der Waals surface area contributed by atoms with E-state index < -0.39 is 10.0 Å². The van der Waals surface area contributed by atoms with Crippen LogP contribution >= 0.6 is 0 Å². The molecule has 20 heavy (non-hydrogen) atoms. The molecule has 2 heterocycles. The number of aromatic nitrogens is 1. The molecule has 6 heteroatoms.